The molecule has 104 valence electrons. The molecule has 4 nitrogen and oxygen atoms in total. The van der Waals surface area contributed by atoms with Gasteiger partial charge in [-0.05, 0) is 37.5 Å². The number of thiophene rings is 1. The number of rotatable bonds is 4. The second kappa shape index (κ2) is 6.11. The minimum Gasteiger partial charge on any atom is -0.507 e. The summed E-state index contributed by atoms with van der Waals surface area (Å²) in [5.74, 6) is -0.671. The molecule has 0 aliphatic heterocycles. The number of hydrogen-bond donors (Lipinski definition) is 1. The highest BCUT2D eigenvalue weighted by Crippen LogP contribution is 2.26. The highest BCUT2D eigenvalue weighted by Gasteiger charge is 2.15. The number of aromatic hydroxyl groups is 1. The van der Waals surface area contributed by atoms with Gasteiger partial charge in [-0.1, -0.05) is 0 Å². The van der Waals surface area contributed by atoms with Gasteiger partial charge in [-0.25, -0.2) is 4.79 Å². The molecule has 2 heterocycles. The summed E-state index contributed by atoms with van der Waals surface area (Å²) in [4.78, 5) is 24.4. The number of aryl methyl sites for hydroxylation is 1. The fourth-order valence-electron chi connectivity index (χ4n) is 1.60. The van der Waals surface area contributed by atoms with E-state index in [0.29, 0.717) is 0 Å². The van der Waals surface area contributed by atoms with Crippen molar-refractivity contribution in [3.8, 4) is 5.75 Å². The monoisotopic (exact) mass is 308 g/mol. The number of hydrogen-bond acceptors (Lipinski definition) is 6. The Morgan fingerprint density at radius 2 is 2.20 bits per heavy atom. The van der Waals surface area contributed by atoms with E-state index >= 15 is 0 Å². The maximum atomic E-state index is 11.9. The number of carbonyl (C=O) groups is 1. The molecule has 0 aliphatic rings. The Kier molecular flexibility index (Phi) is 4.46. The SMILES string of the molecule is CSc1ccc(C=CC(=O)c2c(O)cc(C)oc2=O)s1. The average Bonchev–Trinajstić information content (AvgIpc) is 2.83. The summed E-state index contributed by atoms with van der Waals surface area (Å²) in [6, 6.07) is 5.09. The largest absolute Gasteiger partial charge is 0.507 e. The smallest absolute Gasteiger partial charge is 0.351 e. The molecule has 1 N–H and O–H groups in total. The maximum Gasteiger partial charge on any atom is 0.351 e. The Hall–Kier alpha value is -1.79. The van der Waals surface area contributed by atoms with E-state index in [2.05, 4.69) is 0 Å². The molecule has 0 spiro atoms. The highest BCUT2D eigenvalue weighted by molar-refractivity contribution is 8.00. The molecular formula is C14H12O4S2. The number of allylic oxidation sites excluding steroid dienone is 1. The molecule has 0 unspecified atom stereocenters. The minimum absolute atomic E-state index is 0.260. The van der Waals surface area contributed by atoms with E-state index in [1.54, 1.807) is 29.2 Å². The Balaban J connectivity index is 2.26. The third-order valence-electron chi connectivity index (χ3n) is 2.50. The summed E-state index contributed by atoms with van der Waals surface area (Å²) in [7, 11) is 0. The molecule has 6 heteroatoms. The van der Waals surface area contributed by atoms with Gasteiger partial charge in [0.05, 0.1) is 4.21 Å². The lowest BCUT2D eigenvalue weighted by molar-refractivity contribution is 0.104. The van der Waals surface area contributed by atoms with Crippen molar-refractivity contribution in [1.29, 1.82) is 0 Å². The zero-order valence-corrected chi connectivity index (χ0v) is 12.5. The first-order valence-electron chi connectivity index (χ1n) is 5.71. The van der Waals surface area contributed by atoms with Crippen LogP contribution in [0.3, 0.4) is 0 Å². The number of thioether (sulfide) groups is 1. The van der Waals surface area contributed by atoms with Crippen LogP contribution in [0, 0.1) is 6.92 Å². The lowest BCUT2D eigenvalue weighted by Gasteiger charge is -1.99. The summed E-state index contributed by atoms with van der Waals surface area (Å²) in [5.41, 5.74) is -1.17. The van der Waals surface area contributed by atoms with Crippen molar-refractivity contribution < 1.29 is 14.3 Å². The van der Waals surface area contributed by atoms with E-state index < -0.39 is 11.4 Å². The molecule has 2 aromatic heterocycles. The van der Waals surface area contributed by atoms with Crippen molar-refractivity contribution in [2.75, 3.05) is 6.26 Å². The minimum atomic E-state index is -0.826. The van der Waals surface area contributed by atoms with E-state index in [-0.39, 0.29) is 17.1 Å². The summed E-state index contributed by atoms with van der Waals surface area (Å²) >= 11 is 3.16. The van der Waals surface area contributed by atoms with Crippen LogP contribution in [-0.2, 0) is 0 Å². The van der Waals surface area contributed by atoms with Gasteiger partial charge in [-0.15, -0.1) is 23.1 Å². The van der Waals surface area contributed by atoms with Crippen molar-refractivity contribution in [3.05, 3.63) is 50.9 Å². The predicted molar refractivity (Wildman–Crippen MR) is 80.8 cm³/mol. The number of ketones is 1. The average molecular weight is 308 g/mol. The zero-order valence-electron chi connectivity index (χ0n) is 10.9. The van der Waals surface area contributed by atoms with Crippen molar-refractivity contribution >= 4 is 35.0 Å². The van der Waals surface area contributed by atoms with E-state index in [9.17, 15) is 14.7 Å². The molecule has 20 heavy (non-hydrogen) atoms. The summed E-state index contributed by atoms with van der Waals surface area (Å²) < 4.78 is 5.95. The first-order valence-corrected chi connectivity index (χ1v) is 7.75. The quantitative estimate of drug-likeness (QED) is 0.533. The van der Waals surface area contributed by atoms with Gasteiger partial charge in [0.15, 0.2) is 5.78 Å². The molecule has 0 atom stereocenters. The van der Waals surface area contributed by atoms with Crippen LogP contribution in [0.5, 0.6) is 5.75 Å². The van der Waals surface area contributed by atoms with Gasteiger partial charge < -0.3 is 9.52 Å². The zero-order chi connectivity index (χ0) is 14.7. The van der Waals surface area contributed by atoms with Crippen LogP contribution in [0.25, 0.3) is 6.08 Å². The van der Waals surface area contributed by atoms with E-state index in [4.69, 9.17) is 4.42 Å². The molecule has 0 amide bonds. The lowest BCUT2D eigenvalue weighted by atomic mass is 10.1. The van der Waals surface area contributed by atoms with E-state index in [1.807, 2.05) is 18.4 Å². The predicted octanol–water partition coefficient (Wildman–Crippen LogP) is 3.33. The van der Waals surface area contributed by atoms with Gasteiger partial charge in [-0.2, -0.15) is 0 Å². The molecule has 2 aromatic rings. The molecule has 2 rings (SSSR count). The Morgan fingerprint density at radius 1 is 1.45 bits per heavy atom. The van der Waals surface area contributed by atoms with Crippen LogP contribution in [0.1, 0.15) is 21.0 Å². The van der Waals surface area contributed by atoms with E-state index in [1.165, 1.54) is 19.1 Å². The Morgan fingerprint density at radius 3 is 2.80 bits per heavy atom. The highest BCUT2D eigenvalue weighted by atomic mass is 32.2. The Bertz CT molecular complexity index is 725. The first kappa shape index (κ1) is 14.6. The van der Waals surface area contributed by atoms with Crippen molar-refractivity contribution in [2.24, 2.45) is 0 Å². The van der Waals surface area contributed by atoms with Crippen molar-refractivity contribution in [3.63, 3.8) is 0 Å². The molecule has 0 aromatic carbocycles. The fraction of sp³-hybridized carbons (Fsp3) is 0.143. The standard InChI is InChI=1S/C14H12O4S2/c1-8-7-11(16)13(14(17)18-8)10(15)5-3-9-4-6-12(19-2)20-9/h3-7,16H,1-2H3. The van der Waals surface area contributed by atoms with Crippen LogP contribution in [0.4, 0.5) is 0 Å². The van der Waals surface area contributed by atoms with Gasteiger partial charge >= 0.3 is 5.63 Å². The van der Waals surface area contributed by atoms with E-state index in [0.717, 1.165) is 9.09 Å². The van der Waals surface area contributed by atoms with Gasteiger partial charge in [0.2, 0.25) is 0 Å². The Labute approximate surface area is 123 Å². The molecule has 0 saturated carbocycles. The second-order valence-electron chi connectivity index (χ2n) is 3.96. The third kappa shape index (κ3) is 3.20. The van der Waals surface area contributed by atoms with Gasteiger partial charge in [0.25, 0.3) is 0 Å². The molecular weight excluding hydrogens is 296 g/mol. The maximum absolute atomic E-state index is 11.9. The van der Waals surface area contributed by atoms with Gasteiger partial charge in [-0.3, -0.25) is 4.79 Å². The van der Waals surface area contributed by atoms with Gasteiger partial charge in [0.1, 0.15) is 17.1 Å². The summed E-state index contributed by atoms with van der Waals surface area (Å²) in [6.45, 7) is 1.53. The first-order chi connectivity index (χ1) is 9.51. The van der Waals surface area contributed by atoms with Crippen LogP contribution in [0.2, 0.25) is 0 Å². The summed E-state index contributed by atoms with van der Waals surface area (Å²) in [5, 5.41) is 9.67. The normalized spacial score (nSPS) is 11.1. The van der Waals surface area contributed by atoms with Crippen LogP contribution in [0.15, 0.2) is 37.7 Å². The summed E-state index contributed by atoms with van der Waals surface area (Å²) in [6.07, 6.45) is 4.85. The third-order valence-corrected chi connectivity index (χ3v) is 4.64. The molecule has 0 bridgehead atoms. The lowest BCUT2D eigenvalue weighted by Crippen LogP contribution is -2.12. The van der Waals surface area contributed by atoms with Gasteiger partial charge in [0, 0.05) is 10.9 Å². The molecule has 0 saturated heterocycles. The topological polar surface area (TPSA) is 67.5 Å². The van der Waals surface area contributed by atoms with Crippen LogP contribution < -0.4 is 5.63 Å². The molecule has 0 aliphatic carbocycles. The number of carbonyl (C=O) groups excluding carboxylic acids is 1. The van der Waals surface area contributed by atoms with Crippen LogP contribution in [-0.4, -0.2) is 17.1 Å². The van der Waals surface area contributed by atoms with Crippen molar-refractivity contribution in [1.82, 2.24) is 0 Å². The molecule has 0 fully saturated rings. The second-order valence-corrected chi connectivity index (χ2v) is 6.19. The van der Waals surface area contributed by atoms with Crippen molar-refractivity contribution in [2.45, 2.75) is 11.1 Å². The van der Waals surface area contributed by atoms with Crippen LogP contribution >= 0.6 is 23.1 Å². The molecule has 0 radical (unpaired) electrons. The fourth-order valence-corrected chi connectivity index (χ4v) is 3.06.